The van der Waals surface area contributed by atoms with Gasteiger partial charge in [-0.1, -0.05) is 11.8 Å². The van der Waals surface area contributed by atoms with Crippen molar-refractivity contribution in [3.63, 3.8) is 0 Å². The number of benzene rings is 1. The summed E-state index contributed by atoms with van der Waals surface area (Å²) in [6, 6.07) is 4.49. The van der Waals surface area contributed by atoms with E-state index in [4.69, 9.17) is 10.8 Å². The minimum atomic E-state index is -0.429. The van der Waals surface area contributed by atoms with E-state index in [9.17, 15) is 9.18 Å². The number of nitrogens with zero attached hydrogens (tertiary/aromatic N) is 1. The average molecular weight is 264 g/mol. The highest BCUT2D eigenvalue weighted by Crippen LogP contribution is 2.10. The number of hydrogen-bond donors (Lipinski definition) is 2. The maximum Gasteiger partial charge on any atom is 0.231 e. The Morgan fingerprint density at radius 1 is 1.47 bits per heavy atom. The molecule has 0 radical (unpaired) electrons. The van der Waals surface area contributed by atoms with Crippen LogP contribution in [0.5, 0.6) is 0 Å². The van der Waals surface area contributed by atoms with Crippen LogP contribution in [-0.2, 0) is 11.3 Å². The lowest BCUT2D eigenvalue weighted by atomic mass is 10.1. The molecule has 0 heterocycles. The van der Waals surface area contributed by atoms with Crippen LogP contribution >= 0.6 is 0 Å². The number of rotatable bonds is 5. The van der Waals surface area contributed by atoms with Gasteiger partial charge >= 0.3 is 0 Å². The number of nitrogens with two attached hydrogens (primary N) is 1. The summed E-state index contributed by atoms with van der Waals surface area (Å²) in [4.78, 5) is 12.5. The van der Waals surface area contributed by atoms with Crippen molar-refractivity contribution in [3.8, 4) is 11.8 Å². The van der Waals surface area contributed by atoms with Gasteiger partial charge in [0.05, 0.1) is 13.2 Å². The second kappa shape index (κ2) is 7.52. The Bertz CT molecular complexity index is 506. The van der Waals surface area contributed by atoms with Gasteiger partial charge in [0.2, 0.25) is 5.91 Å². The molecule has 3 N–H and O–H groups in total. The molecule has 0 unspecified atom stereocenters. The Hall–Kier alpha value is -1.90. The van der Waals surface area contributed by atoms with Gasteiger partial charge in [-0.25, -0.2) is 4.39 Å². The average Bonchev–Trinajstić information content (AvgIpc) is 2.27. The summed E-state index contributed by atoms with van der Waals surface area (Å²) >= 11 is 0. The third-order valence-electron chi connectivity index (χ3n) is 2.31. The predicted octanol–water partition coefficient (Wildman–Crippen LogP) is 0.477. The van der Waals surface area contributed by atoms with Crippen molar-refractivity contribution >= 4 is 5.91 Å². The van der Waals surface area contributed by atoms with Gasteiger partial charge < -0.3 is 10.8 Å². The van der Waals surface area contributed by atoms with Crippen LogP contribution in [0.4, 0.5) is 4.39 Å². The zero-order valence-corrected chi connectivity index (χ0v) is 10.8. The number of hydrogen-bond acceptors (Lipinski definition) is 3. The molecule has 1 amide bonds. The summed E-state index contributed by atoms with van der Waals surface area (Å²) in [6.07, 6.45) is 0.355. The first kappa shape index (κ1) is 15.2. The first-order valence-corrected chi connectivity index (χ1v) is 5.87. The first-order chi connectivity index (χ1) is 9.01. The van der Waals surface area contributed by atoms with Crippen molar-refractivity contribution in [2.24, 2.45) is 5.73 Å². The molecule has 0 aliphatic carbocycles. The lowest BCUT2D eigenvalue weighted by Gasteiger charge is -2.14. The smallest absolute Gasteiger partial charge is 0.231 e. The third kappa shape index (κ3) is 6.00. The molecule has 5 heteroatoms. The van der Waals surface area contributed by atoms with Crippen LogP contribution in [0.15, 0.2) is 18.2 Å². The lowest BCUT2D eigenvalue weighted by molar-refractivity contribution is -0.118. The van der Waals surface area contributed by atoms with Crippen molar-refractivity contribution in [1.82, 2.24) is 4.90 Å². The number of carbonyl (C=O) groups is 1. The normalized spacial score (nSPS) is 10.1. The Labute approximate surface area is 112 Å². The Balaban J connectivity index is 2.79. The van der Waals surface area contributed by atoms with E-state index in [1.807, 2.05) is 0 Å². The zero-order chi connectivity index (χ0) is 14.3. The lowest BCUT2D eigenvalue weighted by Crippen LogP contribution is -2.30. The second-order valence-electron chi connectivity index (χ2n) is 4.26. The highest BCUT2D eigenvalue weighted by atomic mass is 19.1. The Morgan fingerprint density at radius 2 is 2.21 bits per heavy atom. The largest absolute Gasteiger partial charge is 0.395 e. The van der Waals surface area contributed by atoms with Crippen molar-refractivity contribution in [3.05, 3.63) is 35.1 Å². The molecule has 1 aromatic carbocycles. The van der Waals surface area contributed by atoms with E-state index >= 15 is 0 Å². The van der Waals surface area contributed by atoms with E-state index in [2.05, 4.69) is 11.8 Å². The molecule has 1 rings (SSSR count). The number of aliphatic hydroxyl groups is 1. The maximum absolute atomic E-state index is 13.4. The monoisotopic (exact) mass is 264 g/mol. The molecule has 0 bridgehead atoms. The number of primary amides is 1. The molecule has 0 aromatic heterocycles. The van der Waals surface area contributed by atoms with Gasteiger partial charge in [-0.05, 0) is 30.8 Å². The van der Waals surface area contributed by atoms with Crippen LogP contribution in [0.1, 0.15) is 17.5 Å². The highest BCUT2D eigenvalue weighted by Gasteiger charge is 2.05. The minimum Gasteiger partial charge on any atom is -0.395 e. The van der Waals surface area contributed by atoms with Gasteiger partial charge in [0.1, 0.15) is 5.82 Å². The molecule has 0 atom stereocenters. The van der Waals surface area contributed by atoms with Crippen LogP contribution < -0.4 is 5.73 Å². The molecule has 0 fully saturated rings. The standard InChI is InChI=1S/C14H17FN2O2/c1-17(10-14(16)19)9-12-6-11(4-2-3-5-18)7-13(15)8-12/h6-8,18H,3,5,9-10H2,1H3,(H2,16,19). The second-order valence-corrected chi connectivity index (χ2v) is 4.26. The quantitative estimate of drug-likeness (QED) is 0.760. The third-order valence-corrected chi connectivity index (χ3v) is 2.31. The number of amides is 1. The van der Waals surface area contributed by atoms with Crippen LogP contribution in [0.2, 0.25) is 0 Å². The van der Waals surface area contributed by atoms with Gasteiger partial charge in [-0.15, -0.1) is 0 Å². The summed E-state index contributed by atoms with van der Waals surface area (Å²) in [7, 11) is 1.73. The van der Waals surface area contributed by atoms with Crippen molar-refractivity contribution in [2.45, 2.75) is 13.0 Å². The summed E-state index contributed by atoms with van der Waals surface area (Å²) in [5.41, 5.74) is 6.36. The fraction of sp³-hybridized carbons (Fsp3) is 0.357. The van der Waals surface area contributed by atoms with Gasteiger partial charge in [0.15, 0.2) is 0 Å². The molecular weight excluding hydrogens is 247 g/mol. The molecule has 0 saturated carbocycles. The molecule has 0 spiro atoms. The molecule has 102 valence electrons. The predicted molar refractivity (Wildman–Crippen MR) is 70.5 cm³/mol. The molecule has 0 aliphatic heterocycles. The van der Waals surface area contributed by atoms with Gasteiger partial charge in [0, 0.05) is 18.5 Å². The van der Waals surface area contributed by atoms with Crippen molar-refractivity contribution in [2.75, 3.05) is 20.2 Å². The molecule has 19 heavy (non-hydrogen) atoms. The zero-order valence-electron chi connectivity index (χ0n) is 10.8. The molecular formula is C14H17FN2O2. The van der Waals surface area contributed by atoms with Crippen molar-refractivity contribution in [1.29, 1.82) is 0 Å². The fourth-order valence-corrected chi connectivity index (χ4v) is 1.67. The van der Waals surface area contributed by atoms with E-state index in [0.29, 0.717) is 18.5 Å². The van der Waals surface area contributed by atoms with Gasteiger partial charge in [-0.3, -0.25) is 9.69 Å². The Morgan fingerprint density at radius 3 is 2.84 bits per heavy atom. The molecule has 1 aromatic rings. The first-order valence-electron chi connectivity index (χ1n) is 5.87. The summed E-state index contributed by atoms with van der Waals surface area (Å²) in [6.45, 7) is 0.508. The SMILES string of the molecule is CN(CC(N)=O)Cc1cc(F)cc(C#CCCO)c1. The van der Waals surface area contributed by atoms with E-state index in [1.54, 1.807) is 18.0 Å². The fourth-order valence-electron chi connectivity index (χ4n) is 1.67. The van der Waals surface area contributed by atoms with Crippen LogP contribution in [-0.4, -0.2) is 36.1 Å². The number of aliphatic hydroxyl groups excluding tert-OH is 1. The Kier molecular flexibility index (Phi) is 6.00. The maximum atomic E-state index is 13.4. The van der Waals surface area contributed by atoms with E-state index in [-0.39, 0.29) is 19.0 Å². The van der Waals surface area contributed by atoms with E-state index in [0.717, 1.165) is 5.56 Å². The van der Waals surface area contributed by atoms with Crippen LogP contribution in [0.25, 0.3) is 0 Å². The van der Waals surface area contributed by atoms with Gasteiger partial charge in [-0.2, -0.15) is 0 Å². The summed E-state index contributed by atoms with van der Waals surface area (Å²) in [5.74, 6) is 4.71. The molecule has 4 nitrogen and oxygen atoms in total. The van der Waals surface area contributed by atoms with E-state index in [1.165, 1.54) is 12.1 Å². The van der Waals surface area contributed by atoms with Crippen molar-refractivity contribution < 1.29 is 14.3 Å². The number of carbonyl (C=O) groups excluding carboxylic acids is 1. The molecule has 0 saturated heterocycles. The van der Waals surface area contributed by atoms with E-state index < -0.39 is 5.91 Å². The summed E-state index contributed by atoms with van der Waals surface area (Å²) in [5, 5.41) is 8.63. The van der Waals surface area contributed by atoms with Crippen LogP contribution in [0, 0.1) is 17.7 Å². The van der Waals surface area contributed by atoms with Gasteiger partial charge in [0.25, 0.3) is 0 Å². The summed E-state index contributed by atoms with van der Waals surface area (Å²) < 4.78 is 13.4. The number of likely N-dealkylation sites (N-methyl/N-ethyl adjacent to an activating group) is 1. The number of halogens is 1. The molecule has 0 aliphatic rings. The van der Waals surface area contributed by atoms with Crippen LogP contribution in [0.3, 0.4) is 0 Å². The minimum absolute atomic E-state index is 0.0173. The highest BCUT2D eigenvalue weighted by molar-refractivity contribution is 5.75. The topological polar surface area (TPSA) is 66.6 Å².